The first-order valence-electron chi connectivity index (χ1n) is 5.22. The summed E-state index contributed by atoms with van der Waals surface area (Å²) in [4.78, 5) is 2.46. The highest BCUT2D eigenvalue weighted by atomic mass is 15.2. The van der Waals surface area contributed by atoms with E-state index in [1.165, 1.54) is 19.3 Å². The zero-order valence-electron chi connectivity index (χ0n) is 8.88. The summed E-state index contributed by atoms with van der Waals surface area (Å²) in [5, 5.41) is 0. The van der Waals surface area contributed by atoms with Crippen molar-refractivity contribution in [3.05, 3.63) is 23.9 Å². The Balaban J connectivity index is 2.27. The van der Waals surface area contributed by atoms with Crippen molar-refractivity contribution in [2.24, 2.45) is 5.92 Å². The monoisotopic (exact) mass is 177 g/mol. The Morgan fingerprint density at radius 3 is 3.00 bits per heavy atom. The Labute approximate surface area is 81.1 Å². The lowest BCUT2D eigenvalue weighted by Crippen LogP contribution is -2.46. The number of likely N-dealkylation sites (tertiary alicyclic amines) is 1. The maximum Gasteiger partial charge on any atom is 0.0340 e. The molecule has 0 radical (unpaired) electrons. The number of fused-ring (bicyclic) bond motifs is 1. The highest BCUT2D eigenvalue weighted by Gasteiger charge is 2.34. The molecule has 1 nitrogen and oxygen atoms in total. The van der Waals surface area contributed by atoms with Crippen LogP contribution in [0.4, 0.5) is 0 Å². The van der Waals surface area contributed by atoms with Gasteiger partial charge >= 0.3 is 0 Å². The molecular formula is C12H19N. The second-order valence-electron chi connectivity index (χ2n) is 4.86. The summed E-state index contributed by atoms with van der Waals surface area (Å²) in [6, 6.07) is 0. The molecule has 1 unspecified atom stereocenters. The molecule has 0 aromatic rings. The van der Waals surface area contributed by atoms with E-state index in [0.717, 1.165) is 5.92 Å². The number of allylic oxidation sites excluding steroid dienone is 4. The van der Waals surface area contributed by atoms with Gasteiger partial charge in [0.15, 0.2) is 0 Å². The van der Waals surface area contributed by atoms with Gasteiger partial charge in [-0.25, -0.2) is 0 Å². The second kappa shape index (κ2) is 2.90. The van der Waals surface area contributed by atoms with E-state index in [0.29, 0.717) is 5.54 Å². The van der Waals surface area contributed by atoms with Gasteiger partial charge in [0, 0.05) is 24.2 Å². The molecule has 72 valence electrons. The van der Waals surface area contributed by atoms with Crippen LogP contribution in [-0.2, 0) is 0 Å². The normalized spacial score (nSPS) is 31.2. The molecule has 2 rings (SSSR count). The lowest BCUT2D eigenvalue weighted by molar-refractivity contribution is 0.121. The van der Waals surface area contributed by atoms with Gasteiger partial charge in [0.1, 0.15) is 0 Å². The van der Waals surface area contributed by atoms with Crippen molar-refractivity contribution in [1.82, 2.24) is 4.90 Å². The molecule has 1 aliphatic heterocycles. The number of hydrogen-bond acceptors (Lipinski definition) is 1. The molecule has 0 bridgehead atoms. The number of nitrogens with zero attached hydrogens (tertiary/aromatic N) is 1. The summed E-state index contributed by atoms with van der Waals surface area (Å²) in [5.74, 6) is 0.794. The predicted molar refractivity (Wildman–Crippen MR) is 56.4 cm³/mol. The maximum absolute atomic E-state index is 2.46. The van der Waals surface area contributed by atoms with Crippen molar-refractivity contribution in [1.29, 1.82) is 0 Å². The largest absolute Gasteiger partial charge is 0.373 e. The van der Waals surface area contributed by atoms with Gasteiger partial charge < -0.3 is 4.90 Å². The Hall–Kier alpha value is -0.720. The minimum atomic E-state index is 0.355. The first kappa shape index (κ1) is 8.86. The van der Waals surface area contributed by atoms with Crippen LogP contribution in [0.3, 0.4) is 0 Å². The van der Waals surface area contributed by atoms with Gasteiger partial charge in [0.25, 0.3) is 0 Å². The van der Waals surface area contributed by atoms with Gasteiger partial charge in [-0.15, -0.1) is 0 Å². The summed E-state index contributed by atoms with van der Waals surface area (Å²) < 4.78 is 0. The van der Waals surface area contributed by atoms with Crippen LogP contribution in [0.2, 0.25) is 0 Å². The summed E-state index contributed by atoms with van der Waals surface area (Å²) >= 11 is 0. The highest BCUT2D eigenvalue weighted by molar-refractivity contribution is 5.23. The van der Waals surface area contributed by atoms with E-state index in [2.05, 4.69) is 44.0 Å². The fourth-order valence-electron chi connectivity index (χ4n) is 2.36. The fourth-order valence-corrected chi connectivity index (χ4v) is 2.36. The van der Waals surface area contributed by atoms with E-state index in [-0.39, 0.29) is 0 Å². The van der Waals surface area contributed by atoms with Crippen molar-refractivity contribution in [2.45, 2.75) is 38.6 Å². The van der Waals surface area contributed by atoms with Crippen molar-refractivity contribution in [2.75, 3.05) is 7.05 Å². The molecule has 0 aromatic carbocycles. The molecule has 0 saturated carbocycles. The summed E-state index contributed by atoms with van der Waals surface area (Å²) in [7, 11) is 2.23. The van der Waals surface area contributed by atoms with Crippen LogP contribution in [0, 0.1) is 5.92 Å². The minimum Gasteiger partial charge on any atom is -0.373 e. The SMILES string of the molecule is CN1C2=CC=CCC2CCC1(C)C. The third kappa shape index (κ3) is 1.41. The van der Waals surface area contributed by atoms with E-state index in [1.54, 1.807) is 5.70 Å². The molecule has 0 aromatic heterocycles. The zero-order valence-corrected chi connectivity index (χ0v) is 8.88. The Morgan fingerprint density at radius 1 is 1.46 bits per heavy atom. The number of piperidine rings is 1. The van der Waals surface area contributed by atoms with E-state index in [4.69, 9.17) is 0 Å². The zero-order chi connectivity index (χ0) is 9.47. The first-order chi connectivity index (χ1) is 6.11. The average Bonchev–Trinajstić information content (AvgIpc) is 2.13. The molecule has 1 fully saturated rings. The molecule has 1 heteroatoms. The topological polar surface area (TPSA) is 3.24 Å². The van der Waals surface area contributed by atoms with Crippen LogP contribution in [0.15, 0.2) is 23.9 Å². The smallest absolute Gasteiger partial charge is 0.0340 e. The Morgan fingerprint density at radius 2 is 2.23 bits per heavy atom. The van der Waals surface area contributed by atoms with Gasteiger partial charge in [-0.2, -0.15) is 0 Å². The lowest BCUT2D eigenvalue weighted by Gasteiger charge is -2.47. The minimum absolute atomic E-state index is 0.355. The van der Waals surface area contributed by atoms with Gasteiger partial charge in [0.05, 0.1) is 0 Å². The summed E-state index contributed by atoms with van der Waals surface area (Å²) in [6.45, 7) is 4.67. The molecule has 0 amide bonds. The molecule has 1 aliphatic carbocycles. The van der Waals surface area contributed by atoms with Crippen LogP contribution >= 0.6 is 0 Å². The van der Waals surface area contributed by atoms with E-state index < -0.39 is 0 Å². The van der Waals surface area contributed by atoms with E-state index >= 15 is 0 Å². The van der Waals surface area contributed by atoms with Crippen molar-refractivity contribution in [3.8, 4) is 0 Å². The predicted octanol–water partition coefficient (Wildman–Crippen LogP) is 2.95. The highest BCUT2D eigenvalue weighted by Crippen LogP contribution is 2.39. The van der Waals surface area contributed by atoms with Crippen molar-refractivity contribution >= 4 is 0 Å². The second-order valence-corrected chi connectivity index (χ2v) is 4.86. The molecule has 1 heterocycles. The summed E-state index contributed by atoms with van der Waals surface area (Å²) in [5.41, 5.74) is 1.90. The van der Waals surface area contributed by atoms with Crippen LogP contribution in [0.5, 0.6) is 0 Å². The molecular weight excluding hydrogens is 158 g/mol. The summed E-state index contributed by atoms with van der Waals surface area (Å²) in [6.07, 6.45) is 10.7. The lowest BCUT2D eigenvalue weighted by atomic mass is 9.80. The van der Waals surface area contributed by atoms with Gasteiger partial charge in [0.2, 0.25) is 0 Å². The molecule has 1 saturated heterocycles. The molecule has 0 spiro atoms. The van der Waals surface area contributed by atoms with E-state index in [1.807, 2.05) is 0 Å². The quantitative estimate of drug-likeness (QED) is 0.550. The first-order valence-corrected chi connectivity index (χ1v) is 5.22. The molecule has 13 heavy (non-hydrogen) atoms. The van der Waals surface area contributed by atoms with Crippen LogP contribution in [-0.4, -0.2) is 17.5 Å². The third-order valence-corrected chi connectivity index (χ3v) is 3.64. The Bertz CT molecular complexity index is 260. The standard InChI is InChI=1S/C12H19N/c1-12(2)9-8-10-6-4-5-7-11(10)13(12)3/h4-5,7,10H,6,8-9H2,1-3H3. The third-order valence-electron chi connectivity index (χ3n) is 3.64. The van der Waals surface area contributed by atoms with Gasteiger partial charge in [-0.3, -0.25) is 0 Å². The van der Waals surface area contributed by atoms with Crippen molar-refractivity contribution in [3.63, 3.8) is 0 Å². The molecule has 0 N–H and O–H groups in total. The Kier molecular flexibility index (Phi) is 1.98. The average molecular weight is 177 g/mol. The van der Waals surface area contributed by atoms with Crippen LogP contribution in [0.1, 0.15) is 33.1 Å². The van der Waals surface area contributed by atoms with Gasteiger partial charge in [-0.1, -0.05) is 12.2 Å². The van der Waals surface area contributed by atoms with Crippen LogP contribution < -0.4 is 0 Å². The van der Waals surface area contributed by atoms with E-state index in [9.17, 15) is 0 Å². The number of hydrogen-bond donors (Lipinski definition) is 0. The van der Waals surface area contributed by atoms with Crippen molar-refractivity contribution < 1.29 is 0 Å². The fraction of sp³-hybridized carbons (Fsp3) is 0.667. The number of rotatable bonds is 0. The van der Waals surface area contributed by atoms with Crippen LogP contribution in [0.25, 0.3) is 0 Å². The maximum atomic E-state index is 2.46. The molecule has 1 atom stereocenters. The van der Waals surface area contributed by atoms with Gasteiger partial charge in [-0.05, 0) is 39.2 Å². The molecule has 2 aliphatic rings.